The number of methoxy groups -OCH3 is 4. The van der Waals surface area contributed by atoms with E-state index >= 15 is 0 Å². The molecule has 11 nitrogen and oxygen atoms in total. The van der Waals surface area contributed by atoms with Gasteiger partial charge >= 0.3 is 11.9 Å². The van der Waals surface area contributed by atoms with Gasteiger partial charge in [-0.25, -0.2) is 9.59 Å². The number of carboxylic acids is 2. The summed E-state index contributed by atoms with van der Waals surface area (Å²) in [6.45, 7) is 1.56. The summed E-state index contributed by atoms with van der Waals surface area (Å²) in [4.78, 5) is 30.2. The number of carboxylic acid groups (broad SMARTS) is 2. The largest absolute Gasteiger partial charge is 0.493 e. The molecule has 0 saturated carbocycles. The Morgan fingerprint density at radius 2 is 1.30 bits per heavy atom. The zero-order chi connectivity index (χ0) is 40.5. The zero-order valence-electron chi connectivity index (χ0n) is 31.8. The van der Waals surface area contributed by atoms with Crippen LogP contribution in [-0.2, 0) is 40.1 Å². The lowest BCUT2D eigenvalue weighted by molar-refractivity contribution is -0.159. The number of fused-ring (bicyclic) bond motifs is 1. The first-order valence-electron chi connectivity index (χ1n) is 17.9. The third-order valence-electron chi connectivity index (χ3n) is 8.90. The average molecular weight is 828 g/mol. The van der Waals surface area contributed by atoms with Crippen LogP contribution in [-0.4, -0.2) is 69.6 Å². The summed E-state index contributed by atoms with van der Waals surface area (Å²) < 4.78 is 22.5. The van der Waals surface area contributed by atoms with E-state index in [2.05, 4.69) is 93.3 Å². The van der Waals surface area contributed by atoms with Crippen molar-refractivity contribution in [3.8, 4) is 34.1 Å². The van der Waals surface area contributed by atoms with Gasteiger partial charge in [0.2, 0.25) is 5.91 Å². The molecule has 1 aliphatic heterocycles. The molecule has 0 radical (unpaired) electrons. The third kappa shape index (κ3) is 12.9. The lowest BCUT2D eigenvalue weighted by atomic mass is 9.89. The van der Waals surface area contributed by atoms with Crippen molar-refractivity contribution in [3.63, 3.8) is 0 Å². The number of hydrogen-bond donors (Lipinski definition) is 4. The Hall–Kier alpha value is -5.85. The maximum atomic E-state index is 12.0. The van der Waals surface area contributed by atoms with E-state index in [4.69, 9.17) is 38.7 Å². The van der Waals surface area contributed by atoms with Gasteiger partial charge in [0, 0.05) is 17.1 Å². The van der Waals surface area contributed by atoms with Crippen molar-refractivity contribution in [2.75, 3.05) is 41.5 Å². The van der Waals surface area contributed by atoms with Crippen LogP contribution >= 0.6 is 15.9 Å². The van der Waals surface area contributed by atoms with Crippen molar-refractivity contribution in [3.05, 3.63) is 141 Å². The quantitative estimate of drug-likeness (QED) is 0.0942. The Labute approximate surface area is 335 Å². The van der Waals surface area contributed by atoms with E-state index in [1.54, 1.807) is 28.4 Å². The summed E-state index contributed by atoms with van der Waals surface area (Å²) in [7, 11) is 6.61. The van der Waals surface area contributed by atoms with Crippen LogP contribution in [0.3, 0.4) is 0 Å². The van der Waals surface area contributed by atoms with Gasteiger partial charge in [-0.1, -0.05) is 88.7 Å². The number of carbonyl (C=O) groups is 3. The molecule has 0 saturated heterocycles. The Morgan fingerprint density at radius 1 is 0.679 bits per heavy atom. The van der Waals surface area contributed by atoms with Crippen LogP contribution in [0.4, 0.5) is 0 Å². The van der Waals surface area contributed by atoms with Crippen LogP contribution < -0.4 is 29.6 Å². The summed E-state index contributed by atoms with van der Waals surface area (Å²) in [6, 6.07) is 37.4. The lowest BCUT2D eigenvalue weighted by Gasteiger charge is -2.28. The van der Waals surface area contributed by atoms with E-state index in [1.165, 1.54) is 27.8 Å². The second kappa shape index (κ2) is 21.9. The van der Waals surface area contributed by atoms with E-state index in [0.29, 0.717) is 24.5 Å². The maximum Gasteiger partial charge on any atom is 0.414 e. The molecule has 1 aliphatic rings. The number of halogens is 1. The van der Waals surface area contributed by atoms with Gasteiger partial charge in [-0.05, 0) is 101 Å². The fraction of sp³-hybridized carbons (Fsp3) is 0.250. The molecule has 6 rings (SSSR count). The fourth-order valence-corrected chi connectivity index (χ4v) is 6.62. The minimum absolute atomic E-state index is 0.0172. The highest BCUT2D eigenvalue weighted by Crippen LogP contribution is 2.36. The van der Waals surface area contributed by atoms with Gasteiger partial charge in [0.15, 0.2) is 23.0 Å². The Morgan fingerprint density at radius 3 is 1.96 bits per heavy atom. The first-order chi connectivity index (χ1) is 27.0. The molecular weight excluding hydrogens is 780 g/mol. The van der Waals surface area contributed by atoms with Crippen LogP contribution in [0.2, 0.25) is 0 Å². The molecule has 56 heavy (non-hydrogen) atoms. The van der Waals surface area contributed by atoms with Gasteiger partial charge in [0.25, 0.3) is 0 Å². The number of aliphatic carboxylic acids is 2. The normalized spacial score (nSPS) is 12.6. The van der Waals surface area contributed by atoms with Gasteiger partial charge in [0.1, 0.15) is 0 Å². The SMILES string of the molecule is COc1cc2c(cc1OC)C(Cc1cccc(-c3ccccc3)c1)NCC2.COc1ccc(CCNC(=O)Cc2cccc(Br)c2)cc1OC.O=C(O)C(=O)O. The highest BCUT2D eigenvalue weighted by Gasteiger charge is 2.23. The molecule has 294 valence electrons. The molecule has 0 bridgehead atoms. The first kappa shape index (κ1) is 42.9. The van der Waals surface area contributed by atoms with Gasteiger partial charge in [-0.3, -0.25) is 4.79 Å². The van der Waals surface area contributed by atoms with Crippen molar-refractivity contribution < 1.29 is 43.5 Å². The number of carbonyl (C=O) groups excluding carboxylic acids is 1. The van der Waals surface area contributed by atoms with Crippen molar-refractivity contribution in [1.29, 1.82) is 0 Å². The first-order valence-corrected chi connectivity index (χ1v) is 18.6. The van der Waals surface area contributed by atoms with Crippen molar-refractivity contribution in [1.82, 2.24) is 10.6 Å². The number of nitrogens with one attached hydrogen (secondary N) is 2. The van der Waals surface area contributed by atoms with Crippen LogP contribution in [0.5, 0.6) is 23.0 Å². The Bertz CT molecular complexity index is 2060. The Kier molecular flexibility index (Phi) is 16.8. The standard InChI is InChI=1S/C24H25NO2.C18H20BrNO3.C2H2O4/c1-26-23-15-20-11-12-25-22(21(20)16-24(23)27-2)14-17-7-6-10-19(13-17)18-8-4-3-5-9-18;1-22-16-7-6-13(11-17(16)23-2)8-9-20-18(21)12-14-4-3-5-15(19)10-14;3-1(4)2(5)6/h3-10,13,15-16,22,25H,11-12,14H2,1-2H3;3-7,10-11H,8-9,12H2,1-2H3,(H,20,21);(H,3,4)(H,5,6). The number of ether oxygens (including phenoxy) is 4. The highest BCUT2D eigenvalue weighted by molar-refractivity contribution is 9.10. The maximum absolute atomic E-state index is 12.0. The van der Waals surface area contributed by atoms with E-state index in [1.807, 2.05) is 42.5 Å². The second-order valence-corrected chi connectivity index (χ2v) is 13.6. The minimum atomic E-state index is -1.82. The van der Waals surface area contributed by atoms with E-state index < -0.39 is 11.9 Å². The second-order valence-electron chi connectivity index (χ2n) is 12.6. The third-order valence-corrected chi connectivity index (χ3v) is 9.39. The summed E-state index contributed by atoms with van der Waals surface area (Å²) >= 11 is 3.41. The van der Waals surface area contributed by atoms with Crippen molar-refractivity contribution >= 4 is 33.8 Å². The van der Waals surface area contributed by atoms with Gasteiger partial charge < -0.3 is 39.8 Å². The Balaban J connectivity index is 0.000000220. The van der Waals surface area contributed by atoms with Crippen LogP contribution in [0.1, 0.15) is 33.9 Å². The molecular formula is C44H47BrN2O9. The highest BCUT2D eigenvalue weighted by atomic mass is 79.9. The van der Waals surface area contributed by atoms with Crippen molar-refractivity contribution in [2.24, 2.45) is 0 Å². The summed E-state index contributed by atoms with van der Waals surface area (Å²) in [5.74, 6) is -0.625. The zero-order valence-corrected chi connectivity index (χ0v) is 33.4. The van der Waals surface area contributed by atoms with Gasteiger partial charge in [-0.2, -0.15) is 0 Å². The fourth-order valence-electron chi connectivity index (χ4n) is 6.17. The lowest BCUT2D eigenvalue weighted by Crippen LogP contribution is -2.31. The summed E-state index contributed by atoms with van der Waals surface area (Å²) in [5, 5.41) is 21.4. The summed E-state index contributed by atoms with van der Waals surface area (Å²) in [5.41, 5.74) is 8.57. The molecule has 0 aliphatic carbocycles. The molecule has 1 atom stereocenters. The van der Waals surface area contributed by atoms with Gasteiger partial charge in [0.05, 0.1) is 34.9 Å². The number of rotatable bonds is 12. The number of benzene rings is 5. The topological polar surface area (TPSA) is 153 Å². The molecule has 0 aromatic heterocycles. The van der Waals surface area contributed by atoms with Gasteiger partial charge in [-0.15, -0.1) is 0 Å². The van der Waals surface area contributed by atoms with Crippen LogP contribution in [0.25, 0.3) is 11.1 Å². The predicted molar refractivity (Wildman–Crippen MR) is 219 cm³/mol. The molecule has 5 aromatic rings. The van der Waals surface area contributed by atoms with E-state index in [9.17, 15) is 4.79 Å². The smallest absolute Gasteiger partial charge is 0.414 e. The molecule has 1 unspecified atom stereocenters. The van der Waals surface area contributed by atoms with E-state index in [0.717, 1.165) is 52.9 Å². The average Bonchev–Trinajstić information content (AvgIpc) is 3.21. The number of hydrogen-bond acceptors (Lipinski definition) is 8. The molecule has 4 N–H and O–H groups in total. The van der Waals surface area contributed by atoms with Crippen LogP contribution in [0.15, 0.2) is 114 Å². The molecule has 12 heteroatoms. The van der Waals surface area contributed by atoms with Crippen molar-refractivity contribution in [2.45, 2.75) is 31.7 Å². The molecule has 5 aromatic carbocycles. The predicted octanol–water partition coefficient (Wildman–Crippen LogP) is 7.32. The monoisotopic (exact) mass is 826 g/mol. The molecule has 1 amide bonds. The molecule has 0 fully saturated rings. The van der Waals surface area contributed by atoms with Crippen LogP contribution in [0, 0.1) is 0 Å². The molecule has 0 spiro atoms. The van der Waals surface area contributed by atoms with E-state index in [-0.39, 0.29) is 11.9 Å². The minimum Gasteiger partial charge on any atom is -0.493 e. The molecule has 1 heterocycles. The number of amides is 1. The summed E-state index contributed by atoms with van der Waals surface area (Å²) in [6.07, 6.45) is 3.08.